The molecule has 1 aromatic rings. The number of Topliss-reactive ketones (excluding diaryl/α,β-unsaturated/α-hetero) is 1. The molecule has 0 spiro atoms. The maximum absolute atomic E-state index is 12.6. The van der Waals surface area contributed by atoms with Crippen molar-refractivity contribution in [2.45, 2.75) is 6.42 Å². The average Bonchev–Trinajstić information content (AvgIpc) is 2.90. The third kappa shape index (κ3) is 2.64. The van der Waals surface area contributed by atoms with Gasteiger partial charge in [0.2, 0.25) is 5.78 Å². The van der Waals surface area contributed by atoms with Crippen molar-refractivity contribution in [2.75, 3.05) is 20.2 Å². The van der Waals surface area contributed by atoms with Gasteiger partial charge in [-0.05, 0) is 6.42 Å². The summed E-state index contributed by atoms with van der Waals surface area (Å²) in [6.07, 6.45) is 2.24. The second kappa shape index (κ2) is 6.19. The molecule has 2 rings (SSSR count). The summed E-state index contributed by atoms with van der Waals surface area (Å²) in [5, 5.41) is 0. The number of esters is 1. The van der Waals surface area contributed by atoms with Crippen LogP contribution >= 0.6 is 0 Å². The van der Waals surface area contributed by atoms with Gasteiger partial charge in [-0.25, -0.2) is 4.79 Å². The fraction of sp³-hybridized carbons (Fsp3) is 0.250. The van der Waals surface area contributed by atoms with E-state index in [9.17, 15) is 9.59 Å². The molecule has 20 heavy (non-hydrogen) atoms. The lowest BCUT2D eigenvalue weighted by atomic mass is 10.0. The first kappa shape index (κ1) is 14.1. The van der Waals surface area contributed by atoms with E-state index in [0.29, 0.717) is 36.3 Å². The molecule has 1 aliphatic rings. The summed E-state index contributed by atoms with van der Waals surface area (Å²) in [7, 11) is 1.33. The van der Waals surface area contributed by atoms with Gasteiger partial charge in [0.25, 0.3) is 0 Å². The number of carbonyl (C=O) groups excluding carboxylic acids is 2. The van der Waals surface area contributed by atoms with Crippen LogP contribution in [0.5, 0.6) is 0 Å². The summed E-state index contributed by atoms with van der Waals surface area (Å²) in [6.45, 7) is 4.85. The standard InChI is InChI=1S/C16H17NO3/c1-3-10-17-11-9-13(16(19)20-2)14(17)15(18)12-7-5-4-6-8-12/h3-8H,1,9-11H2,2H3. The first-order valence-corrected chi connectivity index (χ1v) is 6.46. The molecule has 4 heteroatoms. The van der Waals surface area contributed by atoms with Crippen LogP contribution in [-0.4, -0.2) is 36.9 Å². The molecule has 0 saturated heterocycles. The van der Waals surface area contributed by atoms with Crippen LogP contribution in [0.4, 0.5) is 0 Å². The van der Waals surface area contributed by atoms with Gasteiger partial charge in [-0.2, -0.15) is 0 Å². The molecule has 0 aromatic heterocycles. The fourth-order valence-electron chi connectivity index (χ4n) is 2.34. The van der Waals surface area contributed by atoms with Gasteiger partial charge in [-0.15, -0.1) is 6.58 Å². The van der Waals surface area contributed by atoms with Crippen LogP contribution in [0.2, 0.25) is 0 Å². The molecule has 0 N–H and O–H groups in total. The number of allylic oxidation sites excluding steroid dienone is 1. The van der Waals surface area contributed by atoms with Crippen LogP contribution in [0.15, 0.2) is 54.3 Å². The Morgan fingerprint density at radius 1 is 1.35 bits per heavy atom. The van der Waals surface area contributed by atoms with Crippen LogP contribution in [0.3, 0.4) is 0 Å². The number of rotatable bonds is 5. The van der Waals surface area contributed by atoms with Crippen molar-refractivity contribution in [1.29, 1.82) is 0 Å². The largest absolute Gasteiger partial charge is 0.466 e. The number of methoxy groups -OCH3 is 1. The number of ether oxygens (including phenoxy) is 1. The Bertz CT molecular complexity index is 560. The quantitative estimate of drug-likeness (QED) is 0.468. The van der Waals surface area contributed by atoms with Crippen molar-refractivity contribution in [3.05, 3.63) is 59.8 Å². The first-order valence-electron chi connectivity index (χ1n) is 6.46. The molecule has 0 fully saturated rings. The Balaban J connectivity index is 2.42. The minimum absolute atomic E-state index is 0.148. The number of carbonyl (C=O) groups is 2. The van der Waals surface area contributed by atoms with Gasteiger partial charge < -0.3 is 9.64 Å². The molecule has 0 unspecified atom stereocenters. The van der Waals surface area contributed by atoms with E-state index in [2.05, 4.69) is 6.58 Å². The molecule has 0 bridgehead atoms. The molecular weight excluding hydrogens is 254 g/mol. The smallest absolute Gasteiger partial charge is 0.336 e. The van der Waals surface area contributed by atoms with Gasteiger partial charge in [0.15, 0.2) is 0 Å². The maximum atomic E-state index is 12.6. The van der Waals surface area contributed by atoms with E-state index in [1.807, 2.05) is 11.0 Å². The van der Waals surface area contributed by atoms with E-state index in [1.54, 1.807) is 30.3 Å². The van der Waals surface area contributed by atoms with Crippen molar-refractivity contribution in [1.82, 2.24) is 4.90 Å². The molecule has 0 atom stereocenters. The molecule has 0 saturated carbocycles. The Hall–Kier alpha value is -2.36. The topological polar surface area (TPSA) is 46.6 Å². The van der Waals surface area contributed by atoms with Crippen LogP contribution in [0.25, 0.3) is 0 Å². The zero-order valence-corrected chi connectivity index (χ0v) is 11.5. The highest BCUT2D eigenvalue weighted by Crippen LogP contribution is 2.27. The van der Waals surface area contributed by atoms with Gasteiger partial charge in [0.1, 0.15) is 0 Å². The maximum Gasteiger partial charge on any atom is 0.336 e. The van der Waals surface area contributed by atoms with Gasteiger partial charge in [0, 0.05) is 18.7 Å². The number of hydrogen-bond acceptors (Lipinski definition) is 4. The molecule has 0 radical (unpaired) electrons. The van der Waals surface area contributed by atoms with Gasteiger partial charge in [-0.1, -0.05) is 36.4 Å². The number of hydrogen-bond donors (Lipinski definition) is 0. The Morgan fingerprint density at radius 2 is 2.05 bits per heavy atom. The predicted molar refractivity (Wildman–Crippen MR) is 76.2 cm³/mol. The van der Waals surface area contributed by atoms with E-state index in [0.717, 1.165) is 0 Å². The zero-order valence-electron chi connectivity index (χ0n) is 11.5. The summed E-state index contributed by atoms with van der Waals surface area (Å²) in [6, 6.07) is 8.95. The molecular formula is C16H17NO3. The summed E-state index contributed by atoms with van der Waals surface area (Å²) in [5.74, 6) is -0.582. The summed E-state index contributed by atoms with van der Waals surface area (Å²) in [4.78, 5) is 26.3. The SMILES string of the molecule is C=CCN1CCC(C(=O)OC)=C1C(=O)c1ccccc1. The van der Waals surface area contributed by atoms with E-state index in [-0.39, 0.29) is 5.78 Å². The minimum Gasteiger partial charge on any atom is -0.466 e. The van der Waals surface area contributed by atoms with Crippen LogP contribution < -0.4 is 0 Å². The Kier molecular flexibility index (Phi) is 4.35. The highest BCUT2D eigenvalue weighted by Gasteiger charge is 2.31. The van der Waals surface area contributed by atoms with E-state index in [4.69, 9.17) is 4.74 Å². The molecule has 4 nitrogen and oxygen atoms in total. The monoisotopic (exact) mass is 271 g/mol. The van der Waals surface area contributed by atoms with E-state index in [1.165, 1.54) is 7.11 Å². The highest BCUT2D eigenvalue weighted by atomic mass is 16.5. The highest BCUT2D eigenvalue weighted by molar-refractivity contribution is 6.12. The molecule has 0 aliphatic carbocycles. The first-order chi connectivity index (χ1) is 9.69. The molecule has 1 aromatic carbocycles. The lowest BCUT2D eigenvalue weighted by molar-refractivity contribution is -0.136. The number of nitrogens with zero attached hydrogens (tertiary/aromatic N) is 1. The summed E-state index contributed by atoms with van der Waals surface area (Å²) < 4.78 is 4.78. The minimum atomic E-state index is -0.434. The Morgan fingerprint density at radius 3 is 2.65 bits per heavy atom. The zero-order chi connectivity index (χ0) is 14.5. The molecule has 104 valence electrons. The second-order valence-electron chi connectivity index (χ2n) is 4.50. The van der Waals surface area contributed by atoms with Crippen LogP contribution in [0, 0.1) is 0 Å². The molecule has 1 heterocycles. The lowest BCUT2D eigenvalue weighted by Crippen LogP contribution is -2.25. The number of benzene rings is 1. The van der Waals surface area contributed by atoms with Crippen molar-refractivity contribution in [3.63, 3.8) is 0 Å². The normalized spacial score (nSPS) is 14.3. The van der Waals surface area contributed by atoms with Crippen molar-refractivity contribution >= 4 is 11.8 Å². The van der Waals surface area contributed by atoms with E-state index < -0.39 is 5.97 Å². The fourth-order valence-corrected chi connectivity index (χ4v) is 2.34. The van der Waals surface area contributed by atoms with Crippen molar-refractivity contribution < 1.29 is 14.3 Å². The van der Waals surface area contributed by atoms with Gasteiger partial charge >= 0.3 is 5.97 Å². The third-order valence-corrected chi connectivity index (χ3v) is 3.27. The number of ketones is 1. The average molecular weight is 271 g/mol. The van der Waals surface area contributed by atoms with Crippen molar-refractivity contribution in [3.8, 4) is 0 Å². The van der Waals surface area contributed by atoms with Crippen LogP contribution in [-0.2, 0) is 9.53 Å². The van der Waals surface area contributed by atoms with Crippen LogP contribution in [0.1, 0.15) is 16.8 Å². The molecule has 1 aliphatic heterocycles. The lowest BCUT2D eigenvalue weighted by Gasteiger charge is -2.19. The Labute approximate surface area is 118 Å². The summed E-state index contributed by atoms with van der Waals surface area (Å²) in [5.41, 5.74) is 1.45. The van der Waals surface area contributed by atoms with Gasteiger partial charge in [-0.3, -0.25) is 4.79 Å². The van der Waals surface area contributed by atoms with E-state index >= 15 is 0 Å². The predicted octanol–water partition coefficient (Wildman–Crippen LogP) is 2.19. The third-order valence-electron chi connectivity index (χ3n) is 3.27. The second-order valence-corrected chi connectivity index (χ2v) is 4.50. The summed E-state index contributed by atoms with van der Waals surface area (Å²) >= 11 is 0. The van der Waals surface area contributed by atoms with Gasteiger partial charge in [0.05, 0.1) is 18.4 Å². The molecule has 0 amide bonds. The van der Waals surface area contributed by atoms with Crippen molar-refractivity contribution in [2.24, 2.45) is 0 Å².